The number of thiazole rings is 1. The number of fused-ring (bicyclic) bond motifs is 1. The van der Waals surface area contributed by atoms with Crippen LogP contribution >= 0.6 is 11.3 Å². The van der Waals surface area contributed by atoms with Crippen LogP contribution in [0.15, 0.2) is 41.3 Å². The summed E-state index contributed by atoms with van der Waals surface area (Å²) in [4.78, 5) is 21.7. The van der Waals surface area contributed by atoms with E-state index in [4.69, 9.17) is 4.98 Å². The normalized spacial score (nSPS) is 11.9. The molecule has 1 heterocycles. The number of anilines is 1. The van der Waals surface area contributed by atoms with Gasteiger partial charge in [-0.2, -0.15) is 0 Å². The fraction of sp³-hybridized carbons (Fsp3) is 0.417. The van der Waals surface area contributed by atoms with Gasteiger partial charge >= 0.3 is 0 Å². The van der Waals surface area contributed by atoms with Crippen LogP contribution in [0.1, 0.15) is 30.4 Å². The van der Waals surface area contributed by atoms with E-state index in [1.54, 1.807) is 4.90 Å². The number of aryl methyl sites for hydroxylation is 2. The molecule has 0 bridgehead atoms. The summed E-state index contributed by atoms with van der Waals surface area (Å²) in [6.07, 6.45) is 1.06. The van der Waals surface area contributed by atoms with E-state index in [0.29, 0.717) is 11.7 Å². The lowest BCUT2D eigenvalue weighted by Gasteiger charge is -2.21. The van der Waals surface area contributed by atoms with Crippen molar-refractivity contribution in [2.75, 3.05) is 37.8 Å². The van der Waals surface area contributed by atoms with Gasteiger partial charge in [0.2, 0.25) is 5.91 Å². The molecule has 0 aliphatic heterocycles. The number of aromatic nitrogens is 1. The molecule has 3 rings (SSSR count). The molecule has 6 nitrogen and oxygen atoms in total. The minimum Gasteiger partial charge on any atom is -0.309 e. The third kappa shape index (κ3) is 6.37. The largest absolute Gasteiger partial charge is 0.309 e. The van der Waals surface area contributed by atoms with E-state index in [1.807, 2.05) is 34.0 Å². The van der Waals surface area contributed by atoms with Crippen LogP contribution in [0, 0.1) is 19.7 Å². The molecule has 0 saturated heterocycles. The molecule has 0 spiro atoms. The van der Waals surface area contributed by atoms with Crippen LogP contribution in [-0.4, -0.2) is 57.1 Å². The Labute approximate surface area is 199 Å². The van der Waals surface area contributed by atoms with Gasteiger partial charge in [-0.1, -0.05) is 17.4 Å². The molecule has 0 aliphatic rings. The van der Waals surface area contributed by atoms with Crippen molar-refractivity contribution >= 4 is 42.4 Å². The maximum atomic E-state index is 13.1. The molecule has 1 aromatic heterocycles. The highest BCUT2D eigenvalue weighted by atomic mass is 32.2. The highest BCUT2D eigenvalue weighted by molar-refractivity contribution is 7.91. The number of amides is 1. The smallest absolute Gasteiger partial charge is 0.228 e. The van der Waals surface area contributed by atoms with Gasteiger partial charge in [0, 0.05) is 13.0 Å². The predicted octanol–water partition coefficient (Wildman–Crippen LogP) is 4.59. The third-order valence-corrected chi connectivity index (χ3v) is 8.43. The highest BCUT2D eigenvalue weighted by Crippen LogP contribution is 2.32. The molecule has 0 atom stereocenters. The number of rotatable bonds is 10. The molecule has 9 heteroatoms. The van der Waals surface area contributed by atoms with E-state index in [2.05, 4.69) is 11.0 Å². The second-order valence-corrected chi connectivity index (χ2v) is 11.5. The van der Waals surface area contributed by atoms with E-state index in [1.165, 1.54) is 23.5 Å². The number of halogens is 1. The van der Waals surface area contributed by atoms with Gasteiger partial charge in [-0.05, 0) is 88.8 Å². The van der Waals surface area contributed by atoms with Crippen LogP contribution in [-0.2, 0) is 14.6 Å². The molecule has 33 heavy (non-hydrogen) atoms. The molecule has 0 radical (unpaired) electrons. The van der Waals surface area contributed by atoms with E-state index >= 15 is 0 Å². The third-order valence-electron chi connectivity index (χ3n) is 5.57. The summed E-state index contributed by atoms with van der Waals surface area (Å²) in [6, 6.07) is 8.84. The SMILES string of the molecule is Cc1ccc2sc(N(CCCN(C)C)C(=O)CCCS(=O)(=O)c3ccc(F)cc3)nc2c1C. The van der Waals surface area contributed by atoms with Crippen molar-refractivity contribution < 1.29 is 17.6 Å². The second kappa shape index (κ2) is 10.7. The quantitative estimate of drug-likeness (QED) is 0.388. The van der Waals surface area contributed by atoms with E-state index in [9.17, 15) is 17.6 Å². The topological polar surface area (TPSA) is 70.6 Å². The molecule has 0 unspecified atom stereocenters. The molecule has 0 fully saturated rings. The fourth-order valence-electron chi connectivity index (χ4n) is 3.51. The predicted molar refractivity (Wildman–Crippen MR) is 132 cm³/mol. The summed E-state index contributed by atoms with van der Waals surface area (Å²) in [5.41, 5.74) is 3.15. The Morgan fingerprint density at radius 2 is 1.73 bits per heavy atom. The van der Waals surface area contributed by atoms with Gasteiger partial charge in [0.25, 0.3) is 0 Å². The monoisotopic (exact) mass is 491 g/mol. The van der Waals surface area contributed by atoms with Crippen molar-refractivity contribution in [1.82, 2.24) is 9.88 Å². The van der Waals surface area contributed by atoms with Gasteiger partial charge in [-0.25, -0.2) is 17.8 Å². The first-order chi connectivity index (χ1) is 15.6. The summed E-state index contributed by atoms with van der Waals surface area (Å²) >= 11 is 1.48. The number of hydrogen-bond acceptors (Lipinski definition) is 6. The minimum absolute atomic E-state index is 0.0659. The first kappa shape index (κ1) is 25.3. The fourth-order valence-corrected chi connectivity index (χ4v) is 5.89. The zero-order chi connectivity index (χ0) is 24.2. The standard InChI is InChI=1S/C24H30FN3O3S2/c1-17-8-13-21-23(18(17)2)26-24(32-21)28(15-6-14-27(3)4)22(29)7-5-16-33(30,31)20-11-9-19(25)10-12-20/h8-13H,5-7,14-16H2,1-4H3. The first-order valence-corrected chi connectivity index (χ1v) is 13.4. The average Bonchev–Trinajstić information content (AvgIpc) is 3.18. The lowest BCUT2D eigenvalue weighted by atomic mass is 10.1. The number of nitrogens with zero attached hydrogens (tertiary/aromatic N) is 3. The van der Waals surface area contributed by atoms with Crippen molar-refractivity contribution in [3.8, 4) is 0 Å². The van der Waals surface area contributed by atoms with Gasteiger partial charge in [0.1, 0.15) is 5.82 Å². The molecular weight excluding hydrogens is 461 g/mol. The molecule has 178 valence electrons. The van der Waals surface area contributed by atoms with Crippen LogP contribution in [0.4, 0.5) is 9.52 Å². The Kier molecular flexibility index (Phi) is 8.20. The van der Waals surface area contributed by atoms with Crippen molar-refractivity contribution in [2.45, 2.75) is 38.0 Å². The summed E-state index contributed by atoms with van der Waals surface area (Å²) in [7, 11) is 0.386. The van der Waals surface area contributed by atoms with Gasteiger partial charge < -0.3 is 4.90 Å². The summed E-state index contributed by atoms with van der Waals surface area (Å²) in [6.45, 7) is 5.40. The zero-order valence-corrected chi connectivity index (χ0v) is 21.1. The Morgan fingerprint density at radius 3 is 2.39 bits per heavy atom. The van der Waals surface area contributed by atoms with E-state index in [0.717, 1.165) is 46.4 Å². The number of carbonyl (C=O) groups excluding carboxylic acids is 1. The Bertz CT molecular complexity index is 1220. The van der Waals surface area contributed by atoms with Crippen LogP contribution < -0.4 is 4.90 Å². The molecule has 1 amide bonds. The van der Waals surface area contributed by atoms with E-state index < -0.39 is 15.7 Å². The maximum absolute atomic E-state index is 13.1. The summed E-state index contributed by atoms with van der Waals surface area (Å²) < 4.78 is 39.2. The lowest BCUT2D eigenvalue weighted by molar-refractivity contribution is -0.118. The van der Waals surface area contributed by atoms with Gasteiger partial charge in [-0.15, -0.1) is 0 Å². The van der Waals surface area contributed by atoms with Gasteiger partial charge in [0.15, 0.2) is 15.0 Å². The average molecular weight is 492 g/mol. The van der Waals surface area contributed by atoms with Crippen LogP contribution in [0.5, 0.6) is 0 Å². The molecular formula is C24H30FN3O3S2. The molecule has 0 N–H and O–H groups in total. The number of benzene rings is 2. The molecule has 0 saturated carbocycles. The Balaban J connectivity index is 1.74. The van der Waals surface area contributed by atoms with Crippen LogP contribution in [0.2, 0.25) is 0 Å². The second-order valence-electron chi connectivity index (χ2n) is 8.43. The lowest BCUT2D eigenvalue weighted by Crippen LogP contribution is -2.33. The Hall–Kier alpha value is -2.36. The highest BCUT2D eigenvalue weighted by Gasteiger charge is 2.22. The van der Waals surface area contributed by atoms with Gasteiger partial charge in [0.05, 0.1) is 20.9 Å². The van der Waals surface area contributed by atoms with Crippen molar-refractivity contribution in [3.63, 3.8) is 0 Å². The number of hydrogen-bond donors (Lipinski definition) is 0. The van der Waals surface area contributed by atoms with Crippen molar-refractivity contribution in [3.05, 3.63) is 53.3 Å². The Morgan fingerprint density at radius 1 is 1.03 bits per heavy atom. The maximum Gasteiger partial charge on any atom is 0.228 e. The molecule has 0 aliphatic carbocycles. The van der Waals surface area contributed by atoms with Crippen LogP contribution in [0.3, 0.4) is 0 Å². The first-order valence-electron chi connectivity index (χ1n) is 10.9. The zero-order valence-electron chi connectivity index (χ0n) is 19.5. The molecule has 3 aromatic rings. The molecule has 2 aromatic carbocycles. The summed E-state index contributed by atoms with van der Waals surface area (Å²) in [5, 5.41) is 0.642. The summed E-state index contributed by atoms with van der Waals surface area (Å²) in [5.74, 6) is -0.802. The van der Waals surface area contributed by atoms with Crippen LogP contribution in [0.25, 0.3) is 10.2 Å². The minimum atomic E-state index is -3.58. The van der Waals surface area contributed by atoms with E-state index in [-0.39, 0.29) is 29.4 Å². The van der Waals surface area contributed by atoms with Crippen molar-refractivity contribution in [1.29, 1.82) is 0 Å². The van der Waals surface area contributed by atoms with Crippen molar-refractivity contribution in [2.24, 2.45) is 0 Å². The number of sulfone groups is 1. The van der Waals surface area contributed by atoms with Gasteiger partial charge in [-0.3, -0.25) is 9.69 Å². The number of carbonyl (C=O) groups is 1.